The molecule has 28 heavy (non-hydrogen) atoms. The number of amides is 3. The highest BCUT2D eigenvalue weighted by Crippen LogP contribution is 2.22. The molecule has 0 aliphatic heterocycles. The molecule has 0 saturated heterocycles. The van der Waals surface area contributed by atoms with Crippen LogP contribution in [0.5, 0.6) is 5.88 Å². The third kappa shape index (κ3) is 5.86. The highest BCUT2D eigenvalue weighted by atomic mass is 19.4. The predicted molar refractivity (Wildman–Crippen MR) is 95.4 cm³/mol. The molecule has 0 radical (unpaired) electrons. The average molecular weight is 394 g/mol. The van der Waals surface area contributed by atoms with Gasteiger partial charge in [-0.15, -0.1) is 0 Å². The summed E-state index contributed by atoms with van der Waals surface area (Å²) in [6, 6.07) is 8.94. The van der Waals surface area contributed by atoms with Crippen LogP contribution in [0, 0.1) is 0 Å². The van der Waals surface area contributed by atoms with Crippen molar-refractivity contribution in [3.05, 3.63) is 48.2 Å². The van der Waals surface area contributed by atoms with Crippen molar-refractivity contribution in [2.45, 2.75) is 25.1 Å². The molecule has 0 atom stereocenters. The number of carbonyl (C=O) groups excluding carboxylic acids is 2. The lowest BCUT2D eigenvalue weighted by Gasteiger charge is -2.12. The van der Waals surface area contributed by atoms with Gasteiger partial charge in [-0.05, 0) is 49.2 Å². The van der Waals surface area contributed by atoms with E-state index in [1.54, 1.807) is 24.3 Å². The summed E-state index contributed by atoms with van der Waals surface area (Å²) in [4.78, 5) is 27.7. The molecule has 148 valence electrons. The van der Waals surface area contributed by atoms with Crippen molar-refractivity contribution in [2.75, 3.05) is 17.2 Å². The van der Waals surface area contributed by atoms with E-state index in [2.05, 4.69) is 25.7 Å². The van der Waals surface area contributed by atoms with Gasteiger partial charge in [-0.25, -0.2) is 9.78 Å². The van der Waals surface area contributed by atoms with Gasteiger partial charge in [0.2, 0.25) is 5.88 Å². The lowest BCUT2D eigenvalue weighted by Crippen LogP contribution is -2.30. The van der Waals surface area contributed by atoms with Gasteiger partial charge in [0.05, 0.1) is 0 Å². The Morgan fingerprint density at radius 2 is 1.71 bits per heavy atom. The number of urea groups is 1. The Hall–Kier alpha value is -3.30. The van der Waals surface area contributed by atoms with Crippen LogP contribution >= 0.6 is 0 Å². The lowest BCUT2D eigenvalue weighted by atomic mass is 10.2. The van der Waals surface area contributed by atoms with E-state index in [-0.39, 0.29) is 17.6 Å². The molecule has 7 nitrogen and oxygen atoms in total. The van der Waals surface area contributed by atoms with Crippen LogP contribution in [0.1, 0.15) is 23.2 Å². The van der Waals surface area contributed by atoms with Crippen molar-refractivity contribution in [1.29, 1.82) is 0 Å². The summed E-state index contributed by atoms with van der Waals surface area (Å²) in [6.07, 6.45) is -1.36. The van der Waals surface area contributed by atoms with Crippen molar-refractivity contribution < 1.29 is 27.5 Å². The Labute approximate surface area is 158 Å². The number of benzene rings is 1. The van der Waals surface area contributed by atoms with Crippen LogP contribution in [0.25, 0.3) is 0 Å². The molecule has 1 saturated carbocycles. The molecular formula is C18H17F3N4O3. The summed E-state index contributed by atoms with van der Waals surface area (Å²) in [5.74, 6) is -1.08. The van der Waals surface area contributed by atoms with Crippen molar-refractivity contribution >= 4 is 23.3 Å². The predicted octanol–water partition coefficient (Wildman–Crippen LogP) is 3.56. The summed E-state index contributed by atoms with van der Waals surface area (Å²) in [5.41, 5.74) is 0.799. The third-order valence-corrected chi connectivity index (χ3v) is 3.70. The van der Waals surface area contributed by atoms with E-state index in [1.807, 2.05) is 0 Å². The smallest absolute Gasteiger partial charge is 0.422 e. The second-order valence-corrected chi connectivity index (χ2v) is 6.16. The first-order valence-electron chi connectivity index (χ1n) is 8.44. The van der Waals surface area contributed by atoms with Crippen LogP contribution in [-0.2, 0) is 0 Å². The molecule has 0 spiro atoms. The Bertz CT molecular complexity index is 852. The SMILES string of the molecule is O=C(Nc1ccc(NC(=O)c2cccnc2OCC(F)(F)F)cc1)NC1CC1. The zero-order chi connectivity index (χ0) is 20.1. The lowest BCUT2D eigenvalue weighted by molar-refractivity contribution is -0.154. The van der Waals surface area contributed by atoms with Gasteiger partial charge in [0.15, 0.2) is 6.61 Å². The summed E-state index contributed by atoms with van der Waals surface area (Å²) >= 11 is 0. The van der Waals surface area contributed by atoms with E-state index >= 15 is 0 Å². The topological polar surface area (TPSA) is 92.4 Å². The van der Waals surface area contributed by atoms with Crippen LogP contribution in [0.3, 0.4) is 0 Å². The summed E-state index contributed by atoms with van der Waals surface area (Å²) in [5, 5.41) is 7.99. The molecule has 1 aliphatic rings. The van der Waals surface area contributed by atoms with E-state index in [4.69, 9.17) is 0 Å². The molecular weight excluding hydrogens is 377 g/mol. The number of nitrogens with zero attached hydrogens (tertiary/aromatic N) is 1. The normalized spacial score (nSPS) is 13.5. The Kier molecular flexibility index (Phi) is 5.67. The molecule has 1 heterocycles. The van der Waals surface area contributed by atoms with E-state index in [1.165, 1.54) is 18.3 Å². The van der Waals surface area contributed by atoms with Gasteiger partial charge in [-0.2, -0.15) is 13.2 Å². The number of nitrogens with one attached hydrogen (secondary N) is 3. The fraction of sp³-hybridized carbons (Fsp3) is 0.278. The summed E-state index contributed by atoms with van der Waals surface area (Å²) in [6.45, 7) is -1.55. The first-order chi connectivity index (χ1) is 13.3. The number of anilines is 2. The van der Waals surface area contributed by atoms with E-state index < -0.39 is 24.6 Å². The van der Waals surface area contributed by atoms with E-state index in [0.29, 0.717) is 11.4 Å². The first-order valence-corrected chi connectivity index (χ1v) is 8.44. The summed E-state index contributed by atoms with van der Waals surface area (Å²) in [7, 11) is 0. The molecule has 3 N–H and O–H groups in total. The van der Waals surface area contributed by atoms with Crippen molar-refractivity contribution in [1.82, 2.24) is 10.3 Å². The van der Waals surface area contributed by atoms with E-state index in [9.17, 15) is 22.8 Å². The van der Waals surface area contributed by atoms with Crippen LogP contribution < -0.4 is 20.7 Å². The van der Waals surface area contributed by atoms with E-state index in [0.717, 1.165) is 12.8 Å². The molecule has 10 heteroatoms. The number of carbonyl (C=O) groups is 2. The minimum atomic E-state index is -4.54. The molecule has 1 aromatic heterocycles. The quantitative estimate of drug-likeness (QED) is 0.699. The van der Waals surface area contributed by atoms with Crippen LogP contribution in [0.4, 0.5) is 29.3 Å². The van der Waals surface area contributed by atoms with Crippen LogP contribution in [0.15, 0.2) is 42.6 Å². The van der Waals surface area contributed by atoms with Crippen LogP contribution in [0.2, 0.25) is 0 Å². The molecule has 1 fully saturated rings. The zero-order valence-electron chi connectivity index (χ0n) is 14.5. The monoisotopic (exact) mass is 394 g/mol. The van der Waals surface area contributed by atoms with Crippen molar-refractivity contribution in [3.63, 3.8) is 0 Å². The Morgan fingerprint density at radius 1 is 1.07 bits per heavy atom. The molecule has 3 rings (SSSR count). The van der Waals surface area contributed by atoms with Gasteiger partial charge in [0.1, 0.15) is 5.56 Å². The van der Waals surface area contributed by atoms with Gasteiger partial charge < -0.3 is 20.7 Å². The Morgan fingerprint density at radius 3 is 2.32 bits per heavy atom. The maximum Gasteiger partial charge on any atom is 0.422 e. The zero-order valence-corrected chi connectivity index (χ0v) is 14.5. The van der Waals surface area contributed by atoms with Gasteiger partial charge in [0, 0.05) is 23.6 Å². The van der Waals surface area contributed by atoms with Crippen LogP contribution in [-0.4, -0.2) is 35.7 Å². The average Bonchev–Trinajstić information content (AvgIpc) is 3.45. The number of aromatic nitrogens is 1. The fourth-order valence-electron chi connectivity index (χ4n) is 2.24. The molecule has 1 aliphatic carbocycles. The maximum atomic E-state index is 12.4. The standard InChI is InChI=1S/C18H17F3N4O3/c19-18(20,21)10-28-16-14(2-1-9-22-16)15(26)23-11-3-5-12(6-4-11)24-17(27)25-13-7-8-13/h1-6,9,13H,7-8,10H2,(H,23,26)(H2,24,25,27). The van der Waals surface area contributed by atoms with Gasteiger partial charge in [-0.1, -0.05) is 0 Å². The maximum absolute atomic E-state index is 12.4. The number of alkyl halides is 3. The Balaban J connectivity index is 1.60. The third-order valence-electron chi connectivity index (χ3n) is 3.70. The highest BCUT2D eigenvalue weighted by Gasteiger charge is 2.29. The highest BCUT2D eigenvalue weighted by molar-refractivity contribution is 6.05. The fourth-order valence-corrected chi connectivity index (χ4v) is 2.24. The number of ether oxygens (including phenoxy) is 1. The number of hydrogen-bond acceptors (Lipinski definition) is 4. The number of rotatable bonds is 6. The van der Waals surface area contributed by atoms with Crippen molar-refractivity contribution in [3.8, 4) is 5.88 Å². The number of hydrogen-bond donors (Lipinski definition) is 3. The number of pyridine rings is 1. The molecule has 0 unspecified atom stereocenters. The van der Waals surface area contributed by atoms with Gasteiger partial charge in [0.25, 0.3) is 5.91 Å². The molecule has 0 bridgehead atoms. The number of halogens is 3. The second-order valence-electron chi connectivity index (χ2n) is 6.16. The minimum Gasteiger partial charge on any atom is -0.467 e. The molecule has 2 aromatic rings. The minimum absolute atomic E-state index is 0.127. The van der Waals surface area contributed by atoms with Crippen molar-refractivity contribution in [2.24, 2.45) is 0 Å². The largest absolute Gasteiger partial charge is 0.467 e. The summed E-state index contributed by atoms with van der Waals surface area (Å²) < 4.78 is 41.6. The van der Waals surface area contributed by atoms with Gasteiger partial charge >= 0.3 is 12.2 Å². The molecule has 1 aromatic carbocycles. The first kappa shape index (κ1) is 19.5. The molecule has 3 amide bonds. The second kappa shape index (κ2) is 8.15. The van der Waals surface area contributed by atoms with Gasteiger partial charge in [-0.3, -0.25) is 4.79 Å².